The number of morpholine rings is 1. The maximum Gasteiger partial charge on any atom is 0.309 e. The predicted octanol–water partition coefficient (Wildman–Crippen LogP) is 0.00470. The van der Waals surface area contributed by atoms with Gasteiger partial charge in [0.05, 0.1) is 25.9 Å². The molecule has 1 heterocycles. The van der Waals surface area contributed by atoms with Gasteiger partial charge in [0.15, 0.2) is 0 Å². The largest absolute Gasteiger partial charge is 0.383 e. The van der Waals surface area contributed by atoms with Crippen LogP contribution in [-0.2, 0) is 19.1 Å². The third kappa shape index (κ3) is 6.50. The van der Waals surface area contributed by atoms with E-state index in [1.54, 1.807) is 7.11 Å². The standard InChI is InChI=1S/C19H30N4O4/c1-22(2)16-6-4-15(5-7-16)17(23-9-12-27-13-10-23)14-21-19(25)18(24)20-8-11-26-3/h4-7,17H,8-14H2,1-3H3,(H,20,24)(H,21,25)/t17-/m0/s1. The lowest BCUT2D eigenvalue weighted by Gasteiger charge is -2.35. The van der Waals surface area contributed by atoms with Crippen molar-refractivity contribution in [1.29, 1.82) is 0 Å². The molecule has 2 N–H and O–H groups in total. The van der Waals surface area contributed by atoms with Crippen LogP contribution in [0.2, 0.25) is 0 Å². The van der Waals surface area contributed by atoms with Crippen LogP contribution in [0.15, 0.2) is 24.3 Å². The SMILES string of the molecule is COCCNC(=O)C(=O)NC[C@@H](c1ccc(N(C)C)cc1)N1CCOCC1. The molecule has 8 nitrogen and oxygen atoms in total. The molecule has 0 radical (unpaired) electrons. The Morgan fingerprint density at radius 2 is 1.78 bits per heavy atom. The maximum absolute atomic E-state index is 12.1. The number of carbonyl (C=O) groups excluding carboxylic acids is 2. The zero-order valence-corrected chi connectivity index (χ0v) is 16.4. The highest BCUT2D eigenvalue weighted by Gasteiger charge is 2.24. The number of carbonyl (C=O) groups is 2. The molecule has 27 heavy (non-hydrogen) atoms. The zero-order chi connectivity index (χ0) is 19.6. The van der Waals surface area contributed by atoms with E-state index in [1.165, 1.54) is 0 Å². The number of hydrogen-bond donors (Lipinski definition) is 2. The molecule has 1 aliphatic heterocycles. The van der Waals surface area contributed by atoms with E-state index in [0.717, 1.165) is 24.3 Å². The van der Waals surface area contributed by atoms with E-state index in [9.17, 15) is 9.59 Å². The van der Waals surface area contributed by atoms with E-state index >= 15 is 0 Å². The molecule has 0 aromatic heterocycles. The number of rotatable bonds is 8. The second-order valence-corrected chi connectivity index (χ2v) is 6.61. The van der Waals surface area contributed by atoms with E-state index in [-0.39, 0.29) is 6.04 Å². The Kier molecular flexibility index (Phi) is 8.50. The summed E-state index contributed by atoms with van der Waals surface area (Å²) in [6, 6.07) is 8.24. The molecule has 1 atom stereocenters. The molecule has 0 aliphatic carbocycles. The summed E-state index contributed by atoms with van der Waals surface area (Å²) < 4.78 is 10.3. The first-order chi connectivity index (χ1) is 13.0. The predicted molar refractivity (Wildman–Crippen MR) is 104 cm³/mol. The molecule has 1 saturated heterocycles. The molecule has 150 valence electrons. The number of anilines is 1. The minimum Gasteiger partial charge on any atom is -0.383 e. The number of amides is 2. The van der Waals surface area contributed by atoms with E-state index < -0.39 is 11.8 Å². The molecule has 0 unspecified atom stereocenters. The van der Waals surface area contributed by atoms with Gasteiger partial charge >= 0.3 is 11.8 Å². The van der Waals surface area contributed by atoms with Gasteiger partial charge in [-0.2, -0.15) is 0 Å². The second kappa shape index (κ2) is 10.9. The average Bonchev–Trinajstić information content (AvgIpc) is 2.69. The quantitative estimate of drug-likeness (QED) is 0.490. The molecule has 8 heteroatoms. The van der Waals surface area contributed by atoms with Crippen LogP contribution in [-0.4, -0.2) is 83.9 Å². The number of hydrogen-bond acceptors (Lipinski definition) is 6. The van der Waals surface area contributed by atoms with E-state index in [1.807, 2.05) is 19.0 Å². The monoisotopic (exact) mass is 378 g/mol. The molecular weight excluding hydrogens is 348 g/mol. The van der Waals surface area contributed by atoms with Crippen molar-refractivity contribution in [1.82, 2.24) is 15.5 Å². The number of methoxy groups -OCH3 is 1. The van der Waals surface area contributed by atoms with Gasteiger partial charge in [0.1, 0.15) is 0 Å². The first-order valence-corrected chi connectivity index (χ1v) is 9.17. The highest BCUT2D eigenvalue weighted by Crippen LogP contribution is 2.23. The lowest BCUT2D eigenvalue weighted by Crippen LogP contribution is -2.47. The average molecular weight is 378 g/mol. The summed E-state index contributed by atoms with van der Waals surface area (Å²) >= 11 is 0. The molecular formula is C19H30N4O4. The van der Waals surface area contributed by atoms with Crippen molar-refractivity contribution < 1.29 is 19.1 Å². The van der Waals surface area contributed by atoms with Crippen LogP contribution in [0.4, 0.5) is 5.69 Å². The van der Waals surface area contributed by atoms with Crippen LogP contribution in [0, 0.1) is 0 Å². The Morgan fingerprint density at radius 1 is 1.15 bits per heavy atom. The second-order valence-electron chi connectivity index (χ2n) is 6.61. The van der Waals surface area contributed by atoms with Crippen LogP contribution >= 0.6 is 0 Å². The maximum atomic E-state index is 12.1. The topological polar surface area (TPSA) is 83.1 Å². The highest BCUT2D eigenvalue weighted by molar-refractivity contribution is 6.35. The number of nitrogens with one attached hydrogen (secondary N) is 2. The minimum absolute atomic E-state index is 0.0131. The number of ether oxygens (including phenoxy) is 2. The lowest BCUT2D eigenvalue weighted by atomic mass is 10.0. The van der Waals surface area contributed by atoms with Gasteiger partial charge in [-0.1, -0.05) is 12.1 Å². The van der Waals surface area contributed by atoms with Gasteiger partial charge in [-0.05, 0) is 17.7 Å². The summed E-state index contributed by atoms with van der Waals surface area (Å²) in [5.41, 5.74) is 2.21. The van der Waals surface area contributed by atoms with Crippen molar-refractivity contribution in [2.75, 3.05) is 72.1 Å². The summed E-state index contributed by atoms with van der Waals surface area (Å²) in [4.78, 5) is 28.2. The molecule has 1 aliphatic rings. The molecule has 0 spiro atoms. The number of nitrogens with zero attached hydrogens (tertiary/aromatic N) is 2. The van der Waals surface area contributed by atoms with Gasteiger partial charge in [0.25, 0.3) is 0 Å². The third-order valence-corrected chi connectivity index (χ3v) is 4.53. The van der Waals surface area contributed by atoms with Crippen LogP contribution in [0.1, 0.15) is 11.6 Å². The van der Waals surface area contributed by atoms with Crippen molar-refractivity contribution in [3.63, 3.8) is 0 Å². The fourth-order valence-electron chi connectivity index (χ4n) is 2.96. The molecule has 1 aromatic rings. The summed E-state index contributed by atoms with van der Waals surface area (Å²) in [5.74, 6) is -1.27. The smallest absolute Gasteiger partial charge is 0.309 e. The first-order valence-electron chi connectivity index (χ1n) is 9.17. The first kappa shape index (κ1) is 21.1. The summed E-state index contributed by atoms with van der Waals surface area (Å²) in [6.45, 7) is 3.94. The van der Waals surface area contributed by atoms with Crippen LogP contribution in [0.25, 0.3) is 0 Å². The Bertz CT molecular complexity index is 600. The normalized spacial score (nSPS) is 15.8. The van der Waals surface area contributed by atoms with Crippen molar-refractivity contribution in [3.8, 4) is 0 Å². The minimum atomic E-state index is -0.643. The zero-order valence-electron chi connectivity index (χ0n) is 16.4. The fourth-order valence-corrected chi connectivity index (χ4v) is 2.96. The Balaban J connectivity index is 2.02. The lowest BCUT2D eigenvalue weighted by molar-refractivity contribution is -0.139. The summed E-state index contributed by atoms with van der Waals surface area (Å²) in [6.07, 6.45) is 0. The third-order valence-electron chi connectivity index (χ3n) is 4.53. The molecule has 0 saturated carbocycles. The van der Waals surface area contributed by atoms with E-state index in [2.05, 4.69) is 39.8 Å². The van der Waals surface area contributed by atoms with E-state index in [4.69, 9.17) is 9.47 Å². The van der Waals surface area contributed by atoms with Crippen molar-refractivity contribution in [3.05, 3.63) is 29.8 Å². The number of benzene rings is 1. The van der Waals surface area contributed by atoms with Gasteiger partial charge < -0.3 is 25.0 Å². The van der Waals surface area contributed by atoms with Crippen molar-refractivity contribution in [2.24, 2.45) is 0 Å². The van der Waals surface area contributed by atoms with Crippen molar-refractivity contribution >= 4 is 17.5 Å². The van der Waals surface area contributed by atoms with Gasteiger partial charge in [-0.15, -0.1) is 0 Å². The molecule has 2 rings (SSSR count). The van der Waals surface area contributed by atoms with Gasteiger partial charge in [-0.25, -0.2) is 0 Å². The van der Waals surface area contributed by atoms with Gasteiger partial charge in [0.2, 0.25) is 0 Å². The van der Waals surface area contributed by atoms with Gasteiger partial charge in [-0.3, -0.25) is 14.5 Å². The van der Waals surface area contributed by atoms with Crippen LogP contribution in [0.3, 0.4) is 0 Å². The van der Waals surface area contributed by atoms with Crippen LogP contribution < -0.4 is 15.5 Å². The Hall–Kier alpha value is -2.16. The molecule has 2 amide bonds. The van der Waals surface area contributed by atoms with E-state index in [0.29, 0.717) is 32.9 Å². The molecule has 1 aromatic carbocycles. The van der Waals surface area contributed by atoms with Gasteiger partial charge in [0, 0.05) is 53.1 Å². The highest BCUT2D eigenvalue weighted by atomic mass is 16.5. The Morgan fingerprint density at radius 3 is 2.37 bits per heavy atom. The summed E-state index contributed by atoms with van der Waals surface area (Å²) in [5, 5.41) is 5.29. The van der Waals surface area contributed by atoms with Crippen LogP contribution in [0.5, 0.6) is 0 Å². The fraction of sp³-hybridized carbons (Fsp3) is 0.579. The molecule has 0 bridgehead atoms. The molecule has 1 fully saturated rings. The summed E-state index contributed by atoms with van der Waals surface area (Å²) in [7, 11) is 5.54. The van der Waals surface area contributed by atoms with Crippen molar-refractivity contribution in [2.45, 2.75) is 6.04 Å². The Labute approximate surface area is 160 Å².